The zero-order valence-electron chi connectivity index (χ0n) is 39.2. The van der Waals surface area contributed by atoms with Crippen LogP contribution in [0.4, 0.5) is 51.2 Å². The van der Waals surface area contributed by atoms with Crippen LogP contribution in [0.3, 0.4) is 0 Å². The Morgan fingerprint density at radius 2 is 0.722 bits per heavy atom. The van der Waals surface area contributed by atoms with Crippen molar-refractivity contribution in [2.45, 2.75) is 0 Å². The van der Waals surface area contributed by atoms with Crippen LogP contribution in [0.2, 0.25) is 0 Å². The lowest BCUT2D eigenvalue weighted by Crippen LogP contribution is -2.66. The molecule has 0 amide bonds. The molecule has 11 aromatic carbocycles. The fourth-order valence-corrected chi connectivity index (χ4v) is 13.1. The Morgan fingerprint density at radius 3 is 1.29 bits per heavy atom. The van der Waals surface area contributed by atoms with Crippen LogP contribution in [0.1, 0.15) is 0 Å². The van der Waals surface area contributed by atoms with Crippen LogP contribution in [0.25, 0.3) is 32.4 Å². The average Bonchev–Trinajstić information content (AvgIpc) is 3.45. The lowest BCUT2D eigenvalue weighted by Gasteiger charge is -2.46. The average molecular weight is 911 g/mol. The summed E-state index contributed by atoms with van der Waals surface area (Å²) >= 11 is 0. The van der Waals surface area contributed by atoms with Gasteiger partial charge in [-0.2, -0.15) is 0 Å². The van der Waals surface area contributed by atoms with E-state index in [1.807, 2.05) is 0 Å². The molecule has 0 radical (unpaired) electrons. The normalized spacial score (nSPS) is 13.7. The second-order valence-electron chi connectivity index (χ2n) is 19.7. The highest BCUT2D eigenvalue weighted by Crippen LogP contribution is 2.48. The number of anilines is 9. The Bertz CT molecular complexity index is 4220. The zero-order chi connectivity index (χ0) is 47.0. The number of hydrogen-bond acceptors (Lipinski definition) is 4. The smallest absolute Gasteiger partial charge is 0.270 e. The number of hydrogen-bond donors (Lipinski definition) is 0. The van der Waals surface area contributed by atoms with E-state index in [0.29, 0.717) is 0 Å². The van der Waals surface area contributed by atoms with Gasteiger partial charge in [-0.25, -0.2) is 0 Å². The quantitative estimate of drug-likeness (QED) is 0.164. The summed E-state index contributed by atoms with van der Waals surface area (Å²) < 4.78 is 0. The number of aromatic nitrogens is 1. The predicted molar refractivity (Wildman–Crippen MR) is 308 cm³/mol. The molecule has 330 valence electrons. The molecule has 0 spiro atoms. The molecule has 4 aliphatic rings. The van der Waals surface area contributed by atoms with Gasteiger partial charge in [0.15, 0.2) is 0 Å². The van der Waals surface area contributed by atoms with Gasteiger partial charge in [-0.05, 0) is 109 Å². The monoisotopic (exact) mass is 910 g/mol. The lowest BCUT2D eigenvalue weighted by atomic mass is 9.30. The molecule has 0 bridgehead atoms. The molecule has 7 heteroatoms. The SMILES string of the molecule is c1ccc(N2c3ccccc3B3c4ccccc4N(c4ccccc4)c4c3c2cc2c3c5c(nc42)B(c2ccc4ccccc4c2)c2ccccc2N5c2ccccc2B3c2ccc3ccccc3c2)cc1. The van der Waals surface area contributed by atoms with Gasteiger partial charge in [0.25, 0.3) is 13.4 Å². The van der Waals surface area contributed by atoms with Crippen LogP contribution < -0.4 is 64.0 Å². The van der Waals surface area contributed by atoms with Crippen molar-refractivity contribution in [2.75, 3.05) is 14.7 Å². The molecule has 0 atom stereocenters. The van der Waals surface area contributed by atoms with Crippen LogP contribution in [-0.4, -0.2) is 25.1 Å². The van der Waals surface area contributed by atoms with Gasteiger partial charge in [-0.3, -0.25) is 4.98 Å². The van der Waals surface area contributed by atoms with Gasteiger partial charge in [-0.1, -0.05) is 205 Å². The van der Waals surface area contributed by atoms with Gasteiger partial charge in [0.2, 0.25) is 6.71 Å². The highest BCUT2D eigenvalue weighted by atomic mass is 15.2. The highest BCUT2D eigenvalue weighted by molar-refractivity contribution is 7.04. The van der Waals surface area contributed by atoms with Crippen molar-refractivity contribution in [3.63, 3.8) is 0 Å². The van der Waals surface area contributed by atoms with E-state index in [9.17, 15) is 0 Å². The largest absolute Gasteiger partial charge is 0.311 e. The van der Waals surface area contributed by atoms with Crippen molar-refractivity contribution < 1.29 is 0 Å². The molecule has 1 aromatic heterocycles. The number of rotatable bonds is 4. The van der Waals surface area contributed by atoms with E-state index < -0.39 is 0 Å². The molecule has 0 unspecified atom stereocenters. The first kappa shape index (κ1) is 39.8. The lowest BCUT2D eigenvalue weighted by molar-refractivity contribution is 1.25. The molecule has 0 aliphatic carbocycles. The predicted octanol–water partition coefficient (Wildman–Crippen LogP) is 9.75. The Hall–Kier alpha value is -9.06. The zero-order valence-corrected chi connectivity index (χ0v) is 39.2. The molecule has 0 saturated carbocycles. The Labute approximate surface area is 419 Å². The molecular weight excluding hydrogens is 869 g/mol. The van der Waals surface area contributed by atoms with Crippen LogP contribution in [0, 0.1) is 0 Å². The summed E-state index contributed by atoms with van der Waals surface area (Å²) in [7, 11) is 0. The minimum Gasteiger partial charge on any atom is -0.311 e. The number of para-hydroxylation sites is 6. The van der Waals surface area contributed by atoms with Crippen LogP contribution in [-0.2, 0) is 0 Å². The molecule has 4 nitrogen and oxygen atoms in total. The topological polar surface area (TPSA) is 22.6 Å². The summed E-state index contributed by atoms with van der Waals surface area (Å²) in [5.41, 5.74) is 22.6. The third-order valence-electron chi connectivity index (χ3n) is 16.0. The van der Waals surface area contributed by atoms with E-state index in [1.54, 1.807) is 0 Å². The van der Waals surface area contributed by atoms with Gasteiger partial charge in [0.1, 0.15) is 0 Å². The third kappa shape index (κ3) is 5.53. The number of fused-ring (bicyclic) bond motifs is 13. The number of pyridine rings is 1. The van der Waals surface area contributed by atoms with Gasteiger partial charge in [-0.15, -0.1) is 0 Å². The number of nitrogens with zero attached hydrogens (tertiary/aromatic N) is 4. The van der Waals surface area contributed by atoms with Crippen molar-refractivity contribution in [3.8, 4) is 0 Å². The van der Waals surface area contributed by atoms with Crippen molar-refractivity contribution in [1.82, 2.24) is 4.98 Å². The molecule has 0 saturated heterocycles. The first-order valence-electron chi connectivity index (χ1n) is 25.1. The van der Waals surface area contributed by atoms with E-state index >= 15 is 0 Å². The maximum absolute atomic E-state index is 6.34. The summed E-state index contributed by atoms with van der Waals surface area (Å²) in [6.07, 6.45) is 0. The molecule has 4 aliphatic heterocycles. The Balaban J connectivity index is 1.13. The van der Waals surface area contributed by atoms with E-state index in [0.717, 1.165) is 33.6 Å². The van der Waals surface area contributed by atoms with Gasteiger partial charge in [0.05, 0.1) is 16.9 Å². The molecule has 72 heavy (non-hydrogen) atoms. The fourth-order valence-electron chi connectivity index (χ4n) is 13.1. The number of benzene rings is 11. The van der Waals surface area contributed by atoms with Gasteiger partial charge in [0, 0.05) is 50.8 Å². The summed E-state index contributed by atoms with van der Waals surface area (Å²) in [6, 6.07) is 92.7. The van der Waals surface area contributed by atoms with Gasteiger partial charge < -0.3 is 14.7 Å². The molecule has 16 rings (SSSR count). The van der Waals surface area contributed by atoms with Crippen molar-refractivity contribution >= 4 is 153 Å². The van der Waals surface area contributed by atoms with Crippen LogP contribution in [0.15, 0.2) is 249 Å². The molecule has 0 fully saturated rings. The first-order chi connectivity index (χ1) is 35.8. The third-order valence-corrected chi connectivity index (χ3v) is 16.0. The minimum absolute atomic E-state index is 0.0496. The summed E-state index contributed by atoms with van der Waals surface area (Å²) in [5, 5.41) is 6.07. The maximum atomic E-state index is 6.34. The Morgan fingerprint density at radius 1 is 0.292 bits per heavy atom. The molecule has 5 heterocycles. The second kappa shape index (κ2) is 15.2. The summed E-state index contributed by atoms with van der Waals surface area (Å²) in [6.45, 7) is -0.345. The Kier molecular flexibility index (Phi) is 8.40. The summed E-state index contributed by atoms with van der Waals surface area (Å²) in [4.78, 5) is 14.0. The van der Waals surface area contributed by atoms with Crippen molar-refractivity contribution in [3.05, 3.63) is 249 Å². The van der Waals surface area contributed by atoms with E-state index in [-0.39, 0.29) is 20.1 Å². The van der Waals surface area contributed by atoms with Crippen molar-refractivity contribution in [1.29, 1.82) is 0 Å². The van der Waals surface area contributed by atoms with Crippen LogP contribution >= 0.6 is 0 Å². The van der Waals surface area contributed by atoms with Crippen molar-refractivity contribution in [2.24, 2.45) is 0 Å². The highest BCUT2D eigenvalue weighted by Gasteiger charge is 2.49. The standard InChI is InChI=1S/C65H41B3N4/c1-3-23-48(24-4-1)70-55-31-15-13-29-53(55)68-54-30-14-16-32-56(54)71(49-25-5-2-6-26-49)63-61(68)59(70)41-50-60-64-65(69-62(50)63)67(47-38-36-43-20-8-10-22-45(43)40-47)52-28-12-18-34-58(52)72(64)57-33-17-11-27-51(57)66(60)46-37-35-42-19-7-9-21-44(42)39-46/h1-41H. The van der Waals surface area contributed by atoms with E-state index in [2.05, 4.69) is 263 Å². The first-order valence-corrected chi connectivity index (χ1v) is 25.1. The summed E-state index contributed by atoms with van der Waals surface area (Å²) in [5.74, 6) is 0. The molecule has 0 N–H and O–H groups in total. The van der Waals surface area contributed by atoms with Crippen LogP contribution in [0.5, 0.6) is 0 Å². The van der Waals surface area contributed by atoms with E-state index in [1.165, 1.54) is 99.4 Å². The molecule has 12 aromatic rings. The van der Waals surface area contributed by atoms with Gasteiger partial charge >= 0.3 is 0 Å². The minimum atomic E-state index is -0.163. The molecular formula is C65H41B3N4. The maximum Gasteiger partial charge on any atom is 0.270 e. The fraction of sp³-hybridized carbons (Fsp3) is 0. The second-order valence-corrected chi connectivity index (χ2v) is 19.7. The van der Waals surface area contributed by atoms with E-state index in [4.69, 9.17) is 4.98 Å².